The molecule has 24 heavy (non-hydrogen) atoms. The van der Waals surface area contributed by atoms with E-state index < -0.39 is 11.7 Å². The molecule has 0 saturated heterocycles. The summed E-state index contributed by atoms with van der Waals surface area (Å²) in [6.45, 7) is 2.53. The Hall–Kier alpha value is -1.76. The average Bonchev–Trinajstić information content (AvgIpc) is 3.37. The fraction of sp³-hybridized carbons (Fsp3) is 0.588. The lowest BCUT2D eigenvalue weighted by Gasteiger charge is -2.13. The number of guanidine groups is 1. The number of aliphatic imine (C=N–C) groups is 1. The first-order valence-corrected chi connectivity index (χ1v) is 8.17. The molecule has 0 aromatic heterocycles. The quantitative estimate of drug-likeness (QED) is 0.433. The number of hydrogen-bond donors (Lipinski definition) is 2. The Labute approximate surface area is 140 Å². The smallest absolute Gasteiger partial charge is 0.381 e. The molecule has 1 saturated carbocycles. The highest BCUT2D eigenvalue weighted by atomic mass is 19.4. The summed E-state index contributed by atoms with van der Waals surface area (Å²) in [6.07, 6.45) is -0.901. The van der Waals surface area contributed by atoms with Crippen LogP contribution in [-0.2, 0) is 17.5 Å². The molecule has 0 unspecified atom stereocenters. The number of ether oxygens (including phenoxy) is 1. The van der Waals surface area contributed by atoms with E-state index in [9.17, 15) is 13.2 Å². The summed E-state index contributed by atoms with van der Waals surface area (Å²) < 4.78 is 43.6. The summed E-state index contributed by atoms with van der Waals surface area (Å²) in [5.74, 6) is 1.33. The predicted octanol–water partition coefficient (Wildman–Crippen LogP) is 3.19. The molecule has 1 aromatic rings. The molecule has 1 fully saturated rings. The van der Waals surface area contributed by atoms with Crippen LogP contribution >= 0.6 is 0 Å². The highest BCUT2D eigenvalue weighted by Crippen LogP contribution is 2.29. The minimum atomic E-state index is -4.32. The standard InChI is InChI=1S/C17H24F3N3O/c1-21-16(22-8-3-9-24-12-13-6-7-13)23-11-14-4-2-5-15(10-14)17(18,19)20/h2,4-5,10,13H,3,6-9,11-12H2,1H3,(H2,21,22,23). The van der Waals surface area contributed by atoms with Gasteiger partial charge in [0, 0.05) is 33.4 Å². The number of benzene rings is 1. The van der Waals surface area contributed by atoms with Crippen molar-refractivity contribution in [1.82, 2.24) is 10.6 Å². The van der Waals surface area contributed by atoms with Gasteiger partial charge in [0.25, 0.3) is 0 Å². The van der Waals surface area contributed by atoms with Crippen molar-refractivity contribution in [3.63, 3.8) is 0 Å². The van der Waals surface area contributed by atoms with Crippen LogP contribution in [0.15, 0.2) is 29.3 Å². The van der Waals surface area contributed by atoms with E-state index in [1.807, 2.05) is 0 Å². The highest BCUT2D eigenvalue weighted by Gasteiger charge is 2.30. The van der Waals surface area contributed by atoms with Crippen LogP contribution in [0.2, 0.25) is 0 Å². The highest BCUT2D eigenvalue weighted by molar-refractivity contribution is 5.79. The molecular formula is C17H24F3N3O. The van der Waals surface area contributed by atoms with Crippen molar-refractivity contribution in [2.45, 2.75) is 32.0 Å². The van der Waals surface area contributed by atoms with Crippen LogP contribution in [-0.4, -0.2) is 32.8 Å². The van der Waals surface area contributed by atoms with Crippen LogP contribution in [0, 0.1) is 5.92 Å². The van der Waals surface area contributed by atoms with Crippen LogP contribution in [0.5, 0.6) is 0 Å². The molecule has 1 aromatic carbocycles. The summed E-state index contributed by atoms with van der Waals surface area (Å²) in [7, 11) is 1.63. The van der Waals surface area contributed by atoms with E-state index in [-0.39, 0.29) is 6.54 Å². The largest absolute Gasteiger partial charge is 0.416 e. The number of alkyl halides is 3. The third kappa shape index (κ3) is 6.78. The zero-order chi connectivity index (χ0) is 17.4. The molecule has 0 atom stereocenters. The Bertz CT molecular complexity index is 542. The fourth-order valence-electron chi connectivity index (χ4n) is 2.18. The second-order valence-electron chi connectivity index (χ2n) is 5.92. The summed E-state index contributed by atoms with van der Waals surface area (Å²) in [4.78, 5) is 4.06. The Morgan fingerprint density at radius 1 is 1.29 bits per heavy atom. The fourth-order valence-corrected chi connectivity index (χ4v) is 2.18. The van der Waals surface area contributed by atoms with Gasteiger partial charge >= 0.3 is 6.18 Å². The minimum absolute atomic E-state index is 0.280. The third-order valence-electron chi connectivity index (χ3n) is 3.75. The normalized spacial score (nSPS) is 15.4. The van der Waals surface area contributed by atoms with E-state index in [1.165, 1.54) is 18.9 Å². The maximum absolute atomic E-state index is 12.7. The van der Waals surface area contributed by atoms with Gasteiger partial charge in [-0.1, -0.05) is 12.1 Å². The molecule has 134 valence electrons. The molecule has 0 aliphatic heterocycles. The molecule has 0 radical (unpaired) electrons. The summed E-state index contributed by atoms with van der Waals surface area (Å²) in [5, 5.41) is 6.14. The van der Waals surface area contributed by atoms with Crippen molar-refractivity contribution >= 4 is 5.96 Å². The van der Waals surface area contributed by atoms with Gasteiger partial charge < -0.3 is 15.4 Å². The lowest BCUT2D eigenvalue weighted by atomic mass is 10.1. The van der Waals surface area contributed by atoms with Crippen molar-refractivity contribution in [2.24, 2.45) is 10.9 Å². The van der Waals surface area contributed by atoms with Gasteiger partial charge in [0.05, 0.1) is 5.56 Å². The zero-order valence-electron chi connectivity index (χ0n) is 13.8. The monoisotopic (exact) mass is 343 g/mol. The van der Waals surface area contributed by atoms with Crippen LogP contribution in [0.4, 0.5) is 13.2 Å². The van der Waals surface area contributed by atoms with Crippen molar-refractivity contribution in [3.05, 3.63) is 35.4 Å². The molecule has 0 amide bonds. The maximum atomic E-state index is 12.7. The first-order valence-electron chi connectivity index (χ1n) is 8.17. The van der Waals surface area contributed by atoms with Crippen molar-refractivity contribution < 1.29 is 17.9 Å². The number of rotatable bonds is 8. The Balaban J connectivity index is 1.67. The molecule has 4 nitrogen and oxygen atoms in total. The SMILES string of the molecule is CN=C(NCCCOCC1CC1)NCc1cccc(C(F)(F)F)c1. The average molecular weight is 343 g/mol. The van der Waals surface area contributed by atoms with E-state index in [4.69, 9.17) is 4.74 Å². The second kappa shape index (κ2) is 8.92. The number of hydrogen-bond acceptors (Lipinski definition) is 2. The molecule has 0 bridgehead atoms. The zero-order valence-corrected chi connectivity index (χ0v) is 13.8. The Kier molecular flexibility index (Phi) is 6.90. The van der Waals surface area contributed by atoms with Crippen LogP contribution in [0.25, 0.3) is 0 Å². The lowest BCUT2D eigenvalue weighted by Crippen LogP contribution is -2.37. The van der Waals surface area contributed by atoms with E-state index in [0.717, 1.165) is 31.1 Å². The lowest BCUT2D eigenvalue weighted by molar-refractivity contribution is -0.137. The molecule has 2 N–H and O–H groups in total. The number of nitrogens with one attached hydrogen (secondary N) is 2. The van der Waals surface area contributed by atoms with Gasteiger partial charge in [-0.25, -0.2) is 0 Å². The van der Waals surface area contributed by atoms with Gasteiger partial charge in [-0.15, -0.1) is 0 Å². The van der Waals surface area contributed by atoms with Crippen molar-refractivity contribution in [2.75, 3.05) is 26.8 Å². The molecule has 2 rings (SSSR count). The number of nitrogens with zero attached hydrogens (tertiary/aromatic N) is 1. The Morgan fingerprint density at radius 3 is 2.75 bits per heavy atom. The van der Waals surface area contributed by atoms with Gasteiger partial charge in [0.1, 0.15) is 0 Å². The van der Waals surface area contributed by atoms with Gasteiger partial charge in [-0.2, -0.15) is 13.2 Å². The van der Waals surface area contributed by atoms with Gasteiger partial charge in [-0.3, -0.25) is 4.99 Å². The molecule has 1 aliphatic rings. The first kappa shape index (κ1) is 18.6. The van der Waals surface area contributed by atoms with Crippen LogP contribution < -0.4 is 10.6 Å². The molecule has 1 aliphatic carbocycles. The molecular weight excluding hydrogens is 319 g/mol. The molecule has 0 heterocycles. The minimum Gasteiger partial charge on any atom is -0.381 e. The van der Waals surface area contributed by atoms with E-state index in [2.05, 4.69) is 15.6 Å². The van der Waals surface area contributed by atoms with Gasteiger partial charge in [-0.05, 0) is 42.9 Å². The van der Waals surface area contributed by atoms with E-state index >= 15 is 0 Å². The summed E-state index contributed by atoms with van der Waals surface area (Å²) in [6, 6.07) is 5.28. The predicted molar refractivity (Wildman–Crippen MR) is 87.8 cm³/mol. The Morgan fingerprint density at radius 2 is 2.08 bits per heavy atom. The molecule has 7 heteroatoms. The molecule has 0 spiro atoms. The summed E-state index contributed by atoms with van der Waals surface area (Å²) >= 11 is 0. The van der Waals surface area contributed by atoms with Crippen LogP contribution in [0.1, 0.15) is 30.4 Å². The van der Waals surface area contributed by atoms with E-state index in [0.29, 0.717) is 24.7 Å². The van der Waals surface area contributed by atoms with Gasteiger partial charge in [0.2, 0.25) is 0 Å². The second-order valence-corrected chi connectivity index (χ2v) is 5.92. The number of halogens is 3. The van der Waals surface area contributed by atoms with Gasteiger partial charge in [0.15, 0.2) is 5.96 Å². The maximum Gasteiger partial charge on any atom is 0.416 e. The summed E-state index contributed by atoms with van der Waals surface area (Å²) in [5.41, 5.74) is -0.0851. The topological polar surface area (TPSA) is 45.7 Å². The van der Waals surface area contributed by atoms with E-state index in [1.54, 1.807) is 13.1 Å². The third-order valence-corrected chi connectivity index (χ3v) is 3.75. The van der Waals surface area contributed by atoms with Crippen LogP contribution in [0.3, 0.4) is 0 Å². The van der Waals surface area contributed by atoms with Crippen molar-refractivity contribution in [1.29, 1.82) is 0 Å². The first-order chi connectivity index (χ1) is 11.5. The van der Waals surface area contributed by atoms with Crippen molar-refractivity contribution in [3.8, 4) is 0 Å².